The van der Waals surface area contributed by atoms with E-state index in [0.717, 1.165) is 19.6 Å². The quantitative estimate of drug-likeness (QED) is 0.847. The Morgan fingerprint density at radius 3 is 3.18 bits per heavy atom. The Bertz CT molecular complexity index is 363. The third-order valence-electron chi connectivity index (χ3n) is 3.48. The van der Waals surface area contributed by atoms with E-state index in [4.69, 9.17) is 0 Å². The van der Waals surface area contributed by atoms with E-state index in [1.165, 1.54) is 12.8 Å². The largest absolute Gasteiger partial charge is 0.340 e. The lowest BCUT2D eigenvalue weighted by atomic mass is 10.2. The van der Waals surface area contributed by atoms with Crippen LogP contribution in [0.2, 0.25) is 0 Å². The highest BCUT2D eigenvalue weighted by Crippen LogP contribution is 2.17. The van der Waals surface area contributed by atoms with Gasteiger partial charge in [-0.1, -0.05) is 6.92 Å². The summed E-state index contributed by atoms with van der Waals surface area (Å²) in [4.78, 5) is 16.3. The molecule has 1 N–H and O–H groups in total. The maximum absolute atomic E-state index is 12.0. The van der Waals surface area contributed by atoms with E-state index in [9.17, 15) is 4.79 Å². The number of carbonyl (C=O) groups is 1. The molecule has 1 atom stereocenters. The van der Waals surface area contributed by atoms with Crippen molar-refractivity contribution in [2.24, 2.45) is 0 Å². The number of H-pyrrole nitrogens is 1. The number of carbonyl (C=O) groups excluding carboxylic acids is 1. The van der Waals surface area contributed by atoms with E-state index in [-0.39, 0.29) is 5.91 Å². The van der Waals surface area contributed by atoms with Gasteiger partial charge in [0.1, 0.15) is 0 Å². The minimum absolute atomic E-state index is 0.0432. The van der Waals surface area contributed by atoms with E-state index in [1.54, 1.807) is 17.3 Å². The predicted molar refractivity (Wildman–Crippen MR) is 65.8 cm³/mol. The van der Waals surface area contributed by atoms with Crippen molar-refractivity contribution in [3.63, 3.8) is 0 Å². The fraction of sp³-hybridized carbons (Fsp3) is 0.667. The van der Waals surface area contributed by atoms with Crippen molar-refractivity contribution in [3.05, 3.63) is 18.0 Å². The van der Waals surface area contributed by atoms with E-state index < -0.39 is 0 Å². The molecule has 2 heterocycles. The van der Waals surface area contributed by atoms with E-state index in [0.29, 0.717) is 11.6 Å². The molecule has 17 heavy (non-hydrogen) atoms. The van der Waals surface area contributed by atoms with Gasteiger partial charge in [0.15, 0.2) is 0 Å². The van der Waals surface area contributed by atoms with Crippen molar-refractivity contribution in [1.82, 2.24) is 20.0 Å². The molecule has 0 bridgehead atoms. The summed E-state index contributed by atoms with van der Waals surface area (Å²) in [6, 6.07) is 0.515. The predicted octanol–water partition coefficient (Wildman–Crippen LogP) is 0.966. The van der Waals surface area contributed by atoms with Crippen molar-refractivity contribution in [3.8, 4) is 0 Å². The lowest BCUT2D eigenvalue weighted by molar-refractivity contribution is 0.0754. The second-order valence-electron chi connectivity index (χ2n) is 4.60. The Hall–Kier alpha value is -1.36. The second-order valence-corrected chi connectivity index (χ2v) is 4.60. The minimum Gasteiger partial charge on any atom is -0.340 e. The summed E-state index contributed by atoms with van der Waals surface area (Å²) in [6.45, 7) is 5.21. The maximum atomic E-state index is 12.0. The van der Waals surface area contributed by atoms with Crippen molar-refractivity contribution >= 4 is 5.91 Å². The number of aromatic nitrogens is 2. The van der Waals surface area contributed by atoms with Gasteiger partial charge in [0, 0.05) is 25.8 Å². The van der Waals surface area contributed by atoms with Gasteiger partial charge < -0.3 is 4.90 Å². The van der Waals surface area contributed by atoms with Gasteiger partial charge in [-0.2, -0.15) is 5.10 Å². The number of hydrogen-bond donors (Lipinski definition) is 1. The monoisotopic (exact) mass is 236 g/mol. The number of rotatable bonds is 4. The van der Waals surface area contributed by atoms with Crippen LogP contribution in [0.1, 0.15) is 30.1 Å². The highest BCUT2D eigenvalue weighted by molar-refractivity contribution is 5.93. The molecule has 94 valence electrons. The Balaban J connectivity index is 1.92. The number of aromatic amines is 1. The van der Waals surface area contributed by atoms with Crippen molar-refractivity contribution in [1.29, 1.82) is 0 Å². The van der Waals surface area contributed by atoms with Crippen LogP contribution in [-0.4, -0.2) is 58.6 Å². The average molecular weight is 236 g/mol. The van der Waals surface area contributed by atoms with Gasteiger partial charge in [-0.05, 0) is 25.9 Å². The average Bonchev–Trinajstić information content (AvgIpc) is 2.98. The SMILES string of the molecule is CCN1CCCC1CN(C)C(=O)c1cn[nH]c1. The summed E-state index contributed by atoms with van der Waals surface area (Å²) >= 11 is 0. The number of likely N-dealkylation sites (N-methyl/N-ethyl adjacent to an activating group) is 2. The molecule has 1 saturated heterocycles. The van der Waals surface area contributed by atoms with Crippen LogP contribution in [0.15, 0.2) is 12.4 Å². The molecular formula is C12H20N4O. The number of hydrogen-bond acceptors (Lipinski definition) is 3. The molecule has 1 unspecified atom stereocenters. The molecule has 0 aromatic carbocycles. The normalized spacial score (nSPS) is 20.7. The molecule has 0 spiro atoms. The molecular weight excluding hydrogens is 216 g/mol. The molecule has 0 saturated carbocycles. The van der Waals surface area contributed by atoms with E-state index in [1.807, 2.05) is 7.05 Å². The van der Waals surface area contributed by atoms with Crippen LogP contribution in [0.3, 0.4) is 0 Å². The standard InChI is InChI=1S/C12H20N4O/c1-3-16-6-4-5-11(16)9-15(2)12(17)10-7-13-14-8-10/h7-8,11H,3-6,9H2,1-2H3,(H,13,14). The summed E-state index contributed by atoms with van der Waals surface area (Å²) in [6.07, 6.45) is 5.65. The fourth-order valence-corrected chi connectivity index (χ4v) is 2.51. The molecule has 1 aromatic heterocycles. The van der Waals surface area contributed by atoms with Crippen LogP contribution in [0.5, 0.6) is 0 Å². The molecule has 1 aliphatic rings. The molecule has 0 radical (unpaired) electrons. The topological polar surface area (TPSA) is 52.2 Å². The van der Waals surface area contributed by atoms with E-state index in [2.05, 4.69) is 22.0 Å². The summed E-state index contributed by atoms with van der Waals surface area (Å²) in [5.74, 6) is 0.0432. The first kappa shape index (κ1) is 12.1. The van der Waals surface area contributed by atoms with Crippen molar-refractivity contribution < 1.29 is 4.79 Å². The van der Waals surface area contributed by atoms with Crippen LogP contribution in [0, 0.1) is 0 Å². The third-order valence-corrected chi connectivity index (χ3v) is 3.48. The van der Waals surface area contributed by atoms with Gasteiger partial charge in [0.2, 0.25) is 0 Å². The van der Waals surface area contributed by atoms with Crippen LogP contribution < -0.4 is 0 Å². The Labute approximate surface area is 102 Å². The molecule has 2 rings (SSSR count). The number of nitrogens with zero attached hydrogens (tertiary/aromatic N) is 3. The summed E-state index contributed by atoms with van der Waals surface area (Å²) in [5, 5.41) is 6.48. The van der Waals surface area contributed by atoms with Crippen LogP contribution in [0.4, 0.5) is 0 Å². The zero-order valence-electron chi connectivity index (χ0n) is 10.5. The number of nitrogens with one attached hydrogen (secondary N) is 1. The first-order valence-electron chi connectivity index (χ1n) is 6.20. The first-order chi connectivity index (χ1) is 8.22. The van der Waals surface area contributed by atoms with Crippen LogP contribution in [0.25, 0.3) is 0 Å². The molecule has 1 fully saturated rings. The highest BCUT2D eigenvalue weighted by atomic mass is 16.2. The number of amides is 1. The van der Waals surface area contributed by atoms with Crippen LogP contribution in [-0.2, 0) is 0 Å². The summed E-state index contributed by atoms with van der Waals surface area (Å²) < 4.78 is 0. The Morgan fingerprint density at radius 1 is 1.71 bits per heavy atom. The Morgan fingerprint density at radius 2 is 2.53 bits per heavy atom. The molecule has 0 aliphatic carbocycles. The second kappa shape index (κ2) is 5.31. The zero-order valence-corrected chi connectivity index (χ0v) is 10.5. The maximum Gasteiger partial charge on any atom is 0.256 e. The minimum atomic E-state index is 0.0432. The van der Waals surface area contributed by atoms with Gasteiger partial charge in [-0.25, -0.2) is 0 Å². The fourth-order valence-electron chi connectivity index (χ4n) is 2.51. The van der Waals surface area contributed by atoms with Crippen molar-refractivity contribution in [2.75, 3.05) is 26.7 Å². The van der Waals surface area contributed by atoms with Gasteiger partial charge >= 0.3 is 0 Å². The third kappa shape index (κ3) is 2.66. The molecule has 1 aliphatic heterocycles. The smallest absolute Gasteiger partial charge is 0.256 e. The van der Waals surface area contributed by atoms with E-state index >= 15 is 0 Å². The van der Waals surface area contributed by atoms with Crippen LogP contribution >= 0.6 is 0 Å². The zero-order chi connectivity index (χ0) is 12.3. The highest BCUT2D eigenvalue weighted by Gasteiger charge is 2.25. The first-order valence-corrected chi connectivity index (χ1v) is 6.20. The van der Waals surface area contributed by atoms with Gasteiger partial charge in [0.25, 0.3) is 5.91 Å². The molecule has 1 aromatic rings. The van der Waals surface area contributed by atoms with Gasteiger partial charge in [-0.3, -0.25) is 14.8 Å². The molecule has 5 nitrogen and oxygen atoms in total. The lowest BCUT2D eigenvalue weighted by Gasteiger charge is -2.27. The molecule has 5 heteroatoms. The summed E-state index contributed by atoms with van der Waals surface area (Å²) in [5.41, 5.74) is 0.633. The van der Waals surface area contributed by atoms with Gasteiger partial charge in [0.05, 0.1) is 11.8 Å². The number of likely N-dealkylation sites (tertiary alicyclic amines) is 1. The Kier molecular flexibility index (Phi) is 3.78. The summed E-state index contributed by atoms with van der Waals surface area (Å²) in [7, 11) is 1.86. The van der Waals surface area contributed by atoms with Gasteiger partial charge in [-0.15, -0.1) is 0 Å². The lowest BCUT2D eigenvalue weighted by Crippen LogP contribution is -2.41. The van der Waals surface area contributed by atoms with Crippen molar-refractivity contribution in [2.45, 2.75) is 25.8 Å². The molecule has 1 amide bonds.